The van der Waals surface area contributed by atoms with E-state index >= 15 is 0 Å². The molecule has 1 aliphatic rings. The number of nitrogens with two attached hydrogens (primary N) is 1. The van der Waals surface area contributed by atoms with E-state index in [-0.39, 0.29) is 11.9 Å². The Hall–Kier alpha value is -2.02. The van der Waals surface area contributed by atoms with E-state index in [1.54, 1.807) is 10.9 Å². The standard InChI is InChI=1S/C15H16F3N3O/c16-15(17,18)12-5-10(6-13(19)7-12)11-8-20-21(9-11)14-3-1-2-4-22-14/h5-9,14H,1-4,19H2. The van der Waals surface area contributed by atoms with Crippen molar-refractivity contribution in [2.75, 3.05) is 12.3 Å². The summed E-state index contributed by atoms with van der Waals surface area (Å²) in [7, 11) is 0. The van der Waals surface area contributed by atoms with Crippen molar-refractivity contribution in [3.05, 3.63) is 36.2 Å². The largest absolute Gasteiger partial charge is 0.416 e. The smallest absolute Gasteiger partial charge is 0.399 e. The summed E-state index contributed by atoms with van der Waals surface area (Å²) in [5.41, 5.74) is 5.89. The third-order valence-corrected chi connectivity index (χ3v) is 3.67. The maximum Gasteiger partial charge on any atom is 0.416 e. The molecule has 7 heteroatoms. The van der Waals surface area contributed by atoms with Crippen molar-refractivity contribution in [1.29, 1.82) is 0 Å². The number of nitrogen functional groups attached to an aromatic ring is 1. The molecule has 4 nitrogen and oxygen atoms in total. The van der Waals surface area contributed by atoms with Gasteiger partial charge in [-0.2, -0.15) is 18.3 Å². The van der Waals surface area contributed by atoms with Crippen LogP contribution in [0.2, 0.25) is 0 Å². The number of benzene rings is 1. The van der Waals surface area contributed by atoms with E-state index in [1.165, 1.54) is 12.3 Å². The average molecular weight is 311 g/mol. The van der Waals surface area contributed by atoms with E-state index in [0.29, 0.717) is 17.7 Å². The van der Waals surface area contributed by atoms with Gasteiger partial charge in [0.15, 0.2) is 0 Å². The molecular weight excluding hydrogens is 295 g/mol. The van der Waals surface area contributed by atoms with Crippen LogP contribution in [-0.4, -0.2) is 16.4 Å². The molecule has 0 bridgehead atoms. The molecule has 1 aromatic carbocycles. The van der Waals surface area contributed by atoms with E-state index in [9.17, 15) is 13.2 Å². The minimum Gasteiger partial charge on any atom is -0.399 e. The Morgan fingerprint density at radius 1 is 1.18 bits per heavy atom. The SMILES string of the molecule is Nc1cc(-c2cnn(C3CCCCO3)c2)cc(C(F)(F)F)c1. The van der Waals surface area contributed by atoms with Gasteiger partial charge in [0.05, 0.1) is 11.8 Å². The van der Waals surface area contributed by atoms with Gasteiger partial charge >= 0.3 is 6.18 Å². The van der Waals surface area contributed by atoms with Crippen LogP contribution < -0.4 is 5.73 Å². The lowest BCUT2D eigenvalue weighted by Crippen LogP contribution is -2.18. The van der Waals surface area contributed by atoms with Crippen LogP contribution in [0.4, 0.5) is 18.9 Å². The summed E-state index contributed by atoms with van der Waals surface area (Å²) in [6, 6.07) is 3.52. The van der Waals surface area contributed by atoms with Crippen molar-refractivity contribution in [2.45, 2.75) is 31.7 Å². The summed E-state index contributed by atoms with van der Waals surface area (Å²) < 4.78 is 45.9. The van der Waals surface area contributed by atoms with E-state index in [1.807, 2.05) is 0 Å². The zero-order valence-corrected chi connectivity index (χ0v) is 11.8. The van der Waals surface area contributed by atoms with Gasteiger partial charge in [-0.3, -0.25) is 0 Å². The number of halogens is 3. The second-order valence-corrected chi connectivity index (χ2v) is 5.37. The van der Waals surface area contributed by atoms with Gasteiger partial charge in [0, 0.05) is 24.1 Å². The maximum atomic E-state index is 12.9. The Labute approximate surface area is 125 Å². The highest BCUT2D eigenvalue weighted by atomic mass is 19.4. The first-order valence-electron chi connectivity index (χ1n) is 7.07. The van der Waals surface area contributed by atoms with Crippen LogP contribution in [-0.2, 0) is 10.9 Å². The van der Waals surface area contributed by atoms with Gasteiger partial charge in [0.2, 0.25) is 0 Å². The Morgan fingerprint density at radius 3 is 2.68 bits per heavy atom. The first-order chi connectivity index (χ1) is 10.4. The lowest BCUT2D eigenvalue weighted by atomic mass is 10.0. The maximum absolute atomic E-state index is 12.9. The van der Waals surface area contributed by atoms with Crippen LogP contribution in [0.25, 0.3) is 11.1 Å². The molecular formula is C15H16F3N3O. The summed E-state index contributed by atoms with van der Waals surface area (Å²) in [6.07, 6.45) is 1.59. The molecule has 0 radical (unpaired) electrons. The minimum absolute atomic E-state index is 0.0755. The molecule has 1 fully saturated rings. The fourth-order valence-electron chi connectivity index (χ4n) is 2.56. The highest BCUT2D eigenvalue weighted by molar-refractivity contribution is 5.67. The third-order valence-electron chi connectivity index (χ3n) is 3.67. The number of alkyl halides is 3. The molecule has 1 aliphatic heterocycles. The molecule has 3 rings (SSSR count). The predicted octanol–water partition coefficient (Wildman–Crippen LogP) is 3.85. The molecule has 1 saturated heterocycles. The fraction of sp³-hybridized carbons (Fsp3) is 0.400. The zero-order valence-electron chi connectivity index (χ0n) is 11.8. The monoisotopic (exact) mass is 311 g/mol. The summed E-state index contributed by atoms with van der Waals surface area (Å²) in [4.78, 5) is 0. The van der Waals surface area contributed by atoms with E-state index < -0.39 is 11.7 Å². The summed E-state index contributed by atoms with van der Waals surface area (Å²) in [6.45, 7) is 0.677. The van der Waals surface area contributed by atoms with E-state index in [4.69, 9.17) is 10.5 Å². The summed E-state index contributed by atoms with van der Waals surface area (Å²) >= 11 is 0. The molecule has 2 heterocycles. The van der Waals surface area contributed by atoms with Crippen molar-refractivity contribution in [2.24, 2.45) is 0 Å². The van der Waals surface area contributed by atoms with Gasteiger partial charge in [-0.1, -0.05) is 0 Å². The molecule has 1 atom stereocenters. The average Bonchev–Trinajstić information content (AvgIpc) is 2.96. The Bertz CT molecular complexity index is 660. The Balaban J connectivity index is 1.91. The number of anilines is 1. The molecule has 0 spiro atoms. The number of aromatic nitrogens is 2. The van der Waals surface area contributed by atoms with Crippen LogP contribution in [0.3, 0.4) is 0 Å². The number of ether oxygens (including phenoxy) is 1. The topological polar surface area (TPSA) is 53.1 Å². The lowest BCUT2D eigenvalue weighted by molar-refractivity contribution is -0.137. The molecule has 1 unspecified atom stereocenters. The van der Waals surface area contributed by atoms with Gasteiger partial charge in [0.1, 0.15) is 6.23 Å². The molecule has 1 aromatic heterocycles. The van der Waals surface area contributed by atoms with Crippen molar-refractivity contribution in [3.8, 4) is 11.1 Å². The van der Waals surface area contributed by atoms with Gasteiger partial charge in [-0.15, -0.1) is 0 Å². The third kappa shape index (κ3) is 3.09. The van der Waals surface area contributed by atoms with E-state index in [2.05, 4.69) is 5.10 Å². The summed E-state index contributed by atoms with van der Waals surface area (Å²) in [5.74, 6) is 0. The van der Waals surface area contributed by atoms with Crippen LogP contribution in [0.1, 0.15) is 31.1 Å². The number of nitrogens with zero attached hydrogens (tertiary/aromatic N) is 2. The van der Waals surface area contributed by atoms with Crippen molar-refractivity contribution in [1.82, 2.24) is 9.78 Å². The van der Waals surface area contributed by atoms with Crippen molar-refractivity contribution >= 4 is 5.69 Å². The molecule has 0 amide bonds. The number of hydrogen-bond donors (Lipinski definition) is 1. The van der Waals surface area contributed by atoms with Crippen molar-refractivity contribution < 1.29 is 17.9 Å². The normalized spacial score (nSPS) is 19.3. The highest BCUT2D eigenvalue weighted by Gasteiger charge is 2.31. The molecule has 118 valence electrons. The molecule has 0 aliphatic carbocycles. The number of hydrogen-bond acceptors (Lipinski definition) is 3. The molecule has 0 saturated carbocycles. The molecule has 2 aromatic rings. The zero-order chi connectivity index (χ0) is 15.7. The number of rotatable bonds is 2. The second-order valence-electron chi connectivity index (χ2n) is 5.37. The minimum atomic E-state index is -4.42. The predicted molar refractivity (Wildman–Crippen MR) is 75.9 cm³/mol. The van der Waals surface area contributed by atoms with Gasteiger partial charge < -0.3 is 10.5 Å². The quantitative estimate of drug-likeness (QED) is 0.857. The highest BCUT2D eigenvalue weighted by Crippen LogP contribution is 2.34. The fourth-order valence-corrected chi connectivity index (χ4v) is 2.56. The summed E-state index contributed by atoms with van der Waals surface area (Å²) in [5, 5.41) is 4.21. The van der Waals surface area contributed by atoms with Crippen molar-refractivity contribution in [3.63, 3.8) is 0 Å². The van der Waals surface area contributed by atoms with Crippen LogP contribution >= 0.6 is 0 Å². The molecule has 22 heavy (non-hydrogen) atoms. The first kappa shape index (κ1) is 14.9. The van der Waals surface area contributed by atoms with Gasteiger partial charge in [-0.05, 0) is 43.0 Å². The Kier molecular flexibility index (Phi) is 3.82. The van der Waals surface area contributed by atoms with Gasteiger partial charge in [0.25, 0.3) is 0 Å². The lowest BCUT2D eigenvalue weighted by Gasteiger charge is -2.22. The van der Waals surface area contributed by atoms with Crippen LogP contribution in [0, 0.1) is 0 Å². The second kappa shape index (κ2) is 5.64. The first-order valence-corrected chi connectivity index (χ1v) is 7.07. The van der Waals surface area contributed by atoms with E-state index in [0.717, 1.165) is 31.4 Å². The van der Waals surface area contributed by atoms with Gasteiger partial charge in [-0.25, -0.2) is 4.68 Å². The Morgan fingerprint density at radius 2 is 2.00 bits per heavy atom. The molecule has 2 N–H and O–H groups in total. The van der Waals surface area contributed by atoms with Crippen LogP contribution in [0.15, 0.2) is 30.6 Å². The van der Waals surface area contributed by atoms with Crippen LogP contribution in [0.5, 0.6) is 0 Å².